The number of ketones is 1. The van der Waals surface area contributed by atoms with E-state index in [0.717, 1.165) is 0 Å². The fourth-order valence-electron chi connectivity index (χ4n) is 1.69. The van der Waals surface area contributed by atoms with Gasteiger partial charge in [-0.25, -0.2) is 0 Å². The van der Waals surface area contributed by atoms with Crippen molar-refractivity contribution in [3.8, 4) is 11.5 Å². The molecule has 2 rings (SSSR count). The average Bonchev–Trinajstić information content (AvgIpc) is 2.16. The molecule has 1 N–H and O–H groups in total. The number of phenolic OH excluding ortho intramolecular Hbond substituents is 1. The average molecular weight is 444 g/mol. The molecule has 0 bridgehead atoms. The molecule has 0 amide bonds. The van der Waals surface area contributed by atoms with E-state index in [2.05, 4.69) is 0 Å². The minimum atomic E-state index is -0.497. The van der Waals surface area contributed by atoms with Crippen LogP contribution < -0.4 is 4.74 Å². The second kappa shape index (κ2) is 4.01. The Morgan fingerprint density at radius 2 is 2.06 bits per heavy atom. The maximum absolute atomic E-state index is 11.9. The van der Waals surface area contributed by atoms with Gasteiger partial charge in [0.05, 0.1) is 19.1 Å². The van der Waals surface area contributed by atoms with Crippen LogP contribution in [0.5, 0.6) is 11.5 Å². The van der Waals surface area contributed by atoms with Gasteiger partial charge in [-0.3, -0.25) is 4.79 Å². The topological polar surface area (TPSA) is 46.5 Å². The summed E-state index contributed by atoms with van der Waals surface area (Å²) in [6, 6.07) is 1.69. The Hall–Kier alpha value is -0.0500. The summed E-state index contributed by atoms with van der Waals surface area (Å²) in [7, 11) is 0. The van der Waals surface area contributed by atoms with Crippen LogP contribution in [0.1, 0.15) is 30.6 Å². The summed E-state index contributed by atoms with van der Waals surface area (Å²) >= 11 is 4.02. The van der Waals surface area contributed by atoms with E-state index in [1.54, 1.807) is 6.07 Å². The summed E-state index contributed by atoms with van der Waals surface area (Å²) in [6.45, 7) is 3.75. The molecule has 5 heteroatoms. The molecule has 86 valence electrons. The molecule has 0 radical (unpaired) electrons. The first-order valence-corrected chi connectivity index (χ1v) is 6.91. The van der Waals surface area contributed by atoms with Crippen molar-refractivity contribution in [3.05, 3.63) is 18.8 Å². The van der Waals surface area contributed by atoms with E-state index < -0.39 is 5.60 Å². The molecule has 0 aliphatic carbocycles. The number of hydrogen-bond acceptors (Lipinski definition) is 3. The molecule has 1 aromatic rings. The highest BCUT2D eigenvalue weighted by molar-refractivity contribution is 14.1. The van der Waals surface area contributed by atoms with Gasteiger partial charge in [0.2, 0.25) is 0 Å². The lowest BCUT2D eigenvalue weighted by molar-refractivity contribution is 0.0613. The summed E-state index contributed by atoms with van der Waals surface area (Å²) in [4.78, 5) is 11.9. The molecule has 0 spiro atoms. The van der Waals surface area contributed by atoms with Crippen molar-refractivity contribution in [2.75, 3.05) is 0 Å². The number of halogens is 2. The highest BCUT2D eigenvalue weighted by atomic mass is 127. The van der Waals surface area contributed by atoms with Crippen LogP contribution in [0.3, 0.4) is 0 Å². The largest absolute Gasteiger partial charge is 0.506 e. The van der Waals surface area contributed by atoms with Crippen molar-refractivity contribution < 1.29 is 14.6 Å². The van der Waals surface area contributed by atoms with Crippen molar-refractivity contribution in [3.63, 3.8) is 0 Å². The van der Waals surface area contributed by atoms with E-state index in [-0.39, 0.29) is 11.5 Å². The molecule has 0 atom stereocenters. The molecule has 0 aromatic heterocycles. The van der Waals surface area contributed by atoms with E-state index in [1.165, 1.54) is 0 Å². The molecular weight excluding hydrogens is 434 g/mol. The molecule has 1 heterocycles. The number of aromatic hydroxyl groups is 1. The van der Waals surface area contributed by atoms with Crippen LogP contribution in [-0.4, -0.2) is 16.5 Å². The summed E-state index contributed by atoms with van der Waals surface area (Å²) in [5, 5.41) is 9.81. The molecule has 1 aliphatic heterocycles. The third-order valence-corrected chi connectivity index (χ3v) is 4.24. The minimum Gasteiger partial charge on any atom is -0.506 e. The number of phenols is 1. The monoisotopic (exact) mass is 444 g/mol. The number of carbonyl (C=O) groups excluding carboxylic acids is 1. The molecule has 1 aliphatic rings. The second-order valence-corrected chi connectivity index (χ2v) is 6.60. The van der Waals surface area contributed by atoms with Crippen LogP contribution in [0.25, 0.3) is 0 Å². The standard InChI is InChI=1S/C11H10I2O3/c1-11(2)4-7(14)5-3-6(12)9(15)8(13)10(5)16-11/h3,15H,4H2,1-2H3. The van der Waals surface area contributed by atoms with E-state index >= 15 is 0 Å². The van der Waals surface area contributed by atoms with Gasteiger partial charge in [0.15, 0.2) is 5.78 Å². The van der Waals surface area contributed by atoms with Gasteiger partial charge in [-0.15, -0.1) is 0 Å². The first-order valence-electron chi connectivity index (χ1n) is 4.75. The van der Waals surface area contributed by atoms with Crippen molar-refractivity contribution in [1.29, 1.82) is 0 Å². The second-order valence-electron chi connectivity index (χ2n) is 4.36. The van der Waals surface area contributed by atoms with Crippen molar-refractivity contribution >= 4 is 51.0 Å². The number of carbonyl (C=O) groups is 1. The molecule has 0 saturated carbocycles. The Kier molecular flexibility index (Phi) is 3.11. The van der Waals surface area contributed by atoms with Crippen molar-refractivity contribution in [2.45, 2.75) is 25.9 Å². The van der Waals surface area contributed by atoms with E-state index in [4.69, 9.17) is 4.74 Å². The highest BCUT2D eigenvalue weighted by Gasteiger charge is 2.35. The molecule has 3 nitrogen and oxygen atoms in total. The number of ether oxygens (including phenoxy) is 1. The predicted octanol–water partition coefficient (Wildman–Crippen LogP) is 3.35. The lowest BCUT2D eigenvalue weighted by atomic mass is 9.93. The Morgan fingerprint density at radius 1 is 1.44 bits per heavy atom. The van der Waals surface area contributed by atoms with E-state index in [1.807, 2.05) is 59.0 Å². The Bertz CT molecular complexity index is 481. The fraction of sp³-hybridized carbons (Fsp3) is 0.364. The van der Waals surface area contributed by atoms with Gasteiger partial charge in [0.25, 0.3) is 0 Å². The highest BCUT2D eigenvalue weighted by Crippen LogP contribution is 2.42. The third kappa shape index (κ3) is 2.03. The third-order valence-electron chi connectivity index (χ3n) is 2.41. The van der Waals surface area contributed by atoms with Crippen molar-refractivity contribution in [2.24, 2.45) is 0 Å². The quantitative estimate of drug-likeness (QED) is 0.625. The Balaban J connectivity index is 2.67. The summed E-state index contributed by atoms with van der Waals surface area (Å²) < 4.78 is 7.05. The Labute approximate surface area is 121 Å². The van der Waals surface area contributed by atoms with Gasteiger partial charge in [-0.1, -0.05) is 0 Å². The number of hydrogen-bond donors (Lipinski definition) is 1. The zero-order valence-electron chi connectivity index (χ0n) is 8.80. The first-order chi connectivity index (χ1) is 7.32. The molecule has 1 aromatic carbocycles. The lowest BCUT2D eigenvalue weighted by Crippen LogP contribution is -2.36. The van der Waals surface area contributed by atoms with E-state index in [0.29, 0.717) is 24.9 Å². The predicted molar refractivity (Wildman–Crippen MR) is 77.2 cm³/mol. The van der Waals surface area contributed by atoms with E-state index in [9.17, 15) is 9.90 Å². The lowest BCUT2D eigenvalue weighted by Gasteiger charge is -2.32. The number of rotatable bonds is 0. The molecule has 16 heavy (non-hydrogen) atoms. The fourth-order valence-corrected chi connectivity index (χ4v) is 3.48. The number of fused-ring (bicyclic) bond motifs is 1. The molecular formula is C11H10I2O3. The van der Waals surface area contributed by atoms with Crippen LogP contribution in [0.15, 0.2) is 6.07 Å². The zero-order chi connectivity index (χ0) is 12.1. The minimum absolute atomic E-state index is 0.0714. The number of Topliss-reactive ketones (excluding diaryl/α,β-unsaturated/α-hetero) is 1. The normalized spacial score (nSPS) is 17.9. The first kappa shape index (κ1) is 12.4. The summed E-state index contributed by atoms with van der Waals surface area (Å²) in [5.41, 5.74) is 0.0781. The van der Waals surface area contributed by atoms with Gasteiger partial charge >= 0.3 is 0 Å². The summed E-state index contributed by atoms with van der Waals surface area (Å²) in [5.74, 6) is 0.771. The van der Waals surface area contributed by atoms with Crippen LogP contribution in [0, 0.1) is 7.14 Å². The Morgan fingerprint density at radius 3 is 2.69 bits per heavy atom. The molecule has 0 fully saturated rings. The SMILES string of the molecule is CC1(C)CC(=O)c2cc(I)c(O)c(I)c2O1. The van der Waals surface area contributed by atoms with Gasteiger partial charge in [0.1, 0.15) is 17.1 Å². The maximum Gasteiger partial charge on any atom is 0.170 e. The van der Waals surface area contributed by atoms with Crippen LogP contribution in [0.4, 0.5) is 0 Å². The molecule has 0 saturated heterocycles. The number of benzene rings is 1. The van der Waals surface area contributed by atoms with Crippen LogP contribution in [0.2, 0.25) is 0 Å². The van der Waals surface area contributed by atoms with Crippen LogP contribution in [-0.2, 0) is 0 Å². The maximum atomic E-state index is 11.9. The molecule has 0 unspecified atom stereocenters. The van der Waals surface area contributed by atoms with Gasteiger partial charge in [-0.05, 0) is 65.1 Å². The van der Waals surface area contributed by atoms with Crippen LogP contribution >= 0.6 is 45.2 Å². The summed E-state index contributed by atoms with van der Waals surface area (Å²) in [6.07, 6.45) is 0.372. The van der Waals surface area contributed by atoms with Gasteiger partial charge in [0, 0.05) is 0 Å². The van der Waals surface area contributed by atoms with Gasteiger partial charge < -0.3 is 9.84 Å². The van der Waals surface area contributed by atoms with Gasteiger partial charge in [-0.2, -0.15) is 0 Å². The smallest absolute Gasteiger partial charge is 0.170 e. The van der Waals surface area contributed by atoms with Crippen molar-refractivity contribution in [1.82, 2.24) is 0 Å². The zero-order valence-corrected chi connectivity index (χ0v) is 13.1.